The number of nitriles is 2. The van der Waals surface area contributed by atoms with Gasteiger partial charge in [-0.15, -0.1) is 0 Å². The smallest absolute Gasteiger partial charge is 0.309 e. The van der Waals surface area contributed by atoms with E-state index < -0.39 is 11.7 Å². The molecule has 0 saturated heterocycles. The molecule has 7 aromatic carbocycles. The second kappa shape index (κ2) is 15.8. The molecule has 11 rings (SSSR count). The Morgan fingerprint density at radius 3 is 1.53 bits per heavy atom. The minimum Gasteiger partial charge on any atom is -0.309 e. The van der Waals surface area contributed by atoms with E-state index in [-0.39, 0.29) is 16.7 Å². The molecule has 0 aliphatic heterocycles. The SMILES string of the molecule is Cc1nc(C)nc(-c2ccc3c(c2)c2ccccc2n3-c2ccc(C#N)c(-c3cc(-c4ccc(C#N)cc4C(F)(F)F)ccc3-n3c4ccccc4c4cc(-c5nc(C)nc(C)n5)ccc43)c2)n1. The quantitative estimate of drug-likeness (QED) is 0.161. The molecule has 68 heavy (non-hydrogen) atoms. The number of nitrogens with zero attached hydrogens (tertiary/aromatic N) is 10. The topological polar surface area (TPSA) is 135 Å². The van der Waals surface area contributed by atoms with Crippen LogP contribution in [0.4, 0.5) is 13.2 Å². The molecule has 0 aliphatic rings. The maximum absolute atomic E-state index is 14.9. The van der Waals surface area contributed by atoms with E-state index in [0.717, 1.165) is 66.5 Å². The third kappa shape index (κ3) is 6.96. The lowest BCUT2D eigenvalue weighted by atomic mass is 9.91. The average molecular weight is 893 g/mol. The highest BCUT2D eigenvalue weighted by Crippen LogP contribution is 2.44. The molecule has 0 aliphatic carbocycles. The zero-order valence-electron chi connectivity index (χ0n) is 36.9. The highest BCUT2D eigenvalue weighted by Gasteiger charge is 2.34. The first-order valence-electron chi connectivity index (χ1n) is 21.6. The van der Waals surface area contributed by atoms with E-state index in [4.69, 9.17) is 0 Å². The predicted octanol–water partition coefficient (Wildman–Crippen LogP) is 12.9. The predicted molar refractivity (Wildman–Crippen MR) is 257 cm³/mol. The average Bonchev–Trinajstić information content (AvgIpc) is 3.84. The van der Waals surface area contributed by atoms with Crippen LogP contribution in [0.15, 0.2) is 140 Å². The Morgan fingerprint density at radius 2 is 0.971 bits per heavy atom. The van der Waals surface area contributed by atoms with E-state index in [1.54, 1.807) is 18.2 Å². The van der Waals surface area contributed by atoms with Gasteiger partial charge in [0.1, 0.15) is 23.3 Å². The van der Waals surface area contributed by atoms with Crippen LogP contribution in [0.1, 0.15) is 40.0 Å². The first-order valence-corrected chi connectivity index (χ1v) is 21.6. The highest BCUT2D eigenvalue weighted by molar-refractivity contribution is 6.12. The minimum absolute atomic E-state index is 0.101. The van der Waals surface area contributed by atoms with Crippen molar-refractivity contribution in [2.24, 2.45) is 0 Å². The first kappa shape index (κ1) is 41.6. The van der Waals surface area contributed by atoms with Gasteiger partial charge < -0.3 is 9.13 Å². The van der Waals surface area contributed by atoms with E-state index in [1.165, 1.54) is 12.1 Å². The van der Waals surface area contributed by atoms with Crippen molar-refractivity contribution in [3.8, 4) is 68.5 Å². The van der Waals surface area contributed by atoms with Gasteiger partial charge in [0.15, 0.2) is 11.6 Å². The van der Waals surface area contributed by atoms with Gasteiger partial charge in [-0.3, -0.25) is 0 Å². The lowest BCUT2D eigenvalue weighted by Crippen LogP contribution is -2.08. The molecule has 11 aromatic rings. The van der Waals surface area contributed by atoms with Crippen LogP contribution in [0, 0.1) is 50.4 Å². The summed E-state index contributed by atoms with van der Waals surface area (Å²) in [6.07, 6.45) is -4.77. The fourth-order valence-electron chi connectivity index (χ4n) is 9.46. The van der Waals surface area contributed by atoms with Gasteiger partial charge in [0.25, 0.3) is 0 Å². The molecule has 4 aromatic heterocycles. The molecule has 13 heteroatoms. The van der Waals surface area contributed by atoms with E-state index in [0.29, 0.717) is 57.3 Å². The summed E-state index contributed by atoms with van der Waals surface area (Å²) in [5.41, 5.74) is 6.85. The van der Waals surface area contributed by atoms with E-state index in [9.17, 15) is 23.7 Å². The van der Waals surface area contributed by atoms with Crippen LogP contribution in [0.25, 0.3) is 100 Å². The lowest BCUT2D eigenvalue weighted by Gasteiger charge is -2.19. The van der Waals surface area contributed by atoms with Gasteiger partial charge in [-0.05, 0) is 130 Å². The van der Waals surface area contributed by atoms with Crippen molar-refractivity contribution in [3.05, 3.63) is 180 Å². The number of halogens is 3. The molecular weight excluding hydrogens is 858 g/mol. The zero-order valence-corrected chi connectivity index (χ0v) is 36.9. The van der Waals surface area contributed by atoms with Gasteiger partial charge in [0, 0.05) is 49.5 Å². The van der Waals surface area contributed by atoms with Gasteiger partial charge in [0.05, 0.1) is 56.6 Å². The lowest BCUT2D eigenvalue weighted by molar-refractivity contribution is -0.137. The maximum Gasteiger partial charge on any atom is 0.417 e. The van der Waals surface area contributed by atoms with Gasteiger partial charge in [-0.25, -0.2) is 29.9 Å². The van der Waals surface area contributed by atoms with Gasteiger partial charge in [0.2, 0.25) is 0 Å². The van der Waals surface area contributed by atoms with Crippen LogP contribution < -0.4 is 0 Å². The summed E-state index contributed by atoms with van der Waals surface area (Å²) in [5.74, 6) is 3.54. The standard InChI is InChI=1S/C55H35F3N10/c1-30-61-31(2)64-53(63-30)36-16-21-50-44(25-36)41-9-5-7-11-48(41)67(50)39-18-14-38(29-60)43(27-39)46-24-35(40-19-13-34(28-59)23-47(40)55(56,57)58)15-20-52(46)68-49-12-8-6-10-42(49)45-26-37(17-22-51(45)68)54-65-32(3)62-33(4)66-54/h5-27H,1-4H3. The Kier molecular flexibility index (Phi) is 9.69. The number of aromatic nitrogens is 8. The summed E-state index contributed by atoms with van der Waals surface area (Å²) < 4.78 is 48.9. The van der Waals surface area contributed by atoms with Crippen LogP contribution in [0.3, 0.4) is 0 Å². The summed E-state index contributed by atoms with van der Waals surface area (Å²) in [6.45, 7) is 7.32. The molecule has 0 atom stereocenters. The number of benzene rings is 7. The molecule has 0 bridgehead atoms. The normalized spacial score (nSPS) is 11.7. The van der Waals surface area contributed by atoms with Crippen molar-refractivity contribution in [1.82, 2.24) is 39.0 Å². The number of fused-ring (bicyclic) bond motifs is 6. The molecule has 0 saturated carbocycles. The van der Waals surface area contributed by atoms with Crippen molar-refractivity contribution in [2.45, 2.75) is 33.9 Å². The first-order chi connectivity index (χ1) is 32.9. The summed E-state index contributed by atoms with van der Waals surface area (Å²) in [6, 6.07) is 46.6. The molecule has 326 valence electrons. The van der Waals surface area contributed by atoms with Crippen molar-refractivity contribution in [1.29, 1.82) is 10.5 Å². The van der Waals surface area contributed by atoms with Crippen LogP contribution >= 0.6 is 0 Å². The van der Waals surface area contributed by atoms with Crippen LogP contribution in [0.2, 0.25) is 0 Å². The zero-order chi connectivity index (χ0) is 47.0. The second-order valence-corrected chi connectivity index (χ2v) is 16.6. The Morgan fingerprint density at radius 1 is 0.441 bits per heavy atom. The summed E-state index contributed by atoms with van der Waals surface area (Å²) in [5, 5.41) is 24.3. The van der Waals surface area contributed by atoms with E-state index >= 15 is 0 Å². The fraction of sp³-hybridized carbons (Fsp3) is 0.0909. The summed E-state index contributed by atoms with van der Waals surface area (Å²) in [7, 11) is 0. The molecule has 10 nitrogen and oxygen atoms in total. The van der Waals surface area contributed by atoms with E-state index in [1.807, 2.05) is 125 Å². The van der Waals surface area contributed by atoms with Crippen molar-refractivity contribution < 1.29 is 13.2 Å². The maximum atomic E-state index is 14.9. The largest absolute Gasteiger partial charge is 0.417 e. The number of hydrogen-bond donors (Lipinski definition) is 0. The molecular formula is C55H35F3N10. The molecule has 0 fully saturated rings. The number of aryl methyl sites for hydroxylation is 4. The molecule has 4 heterocycles. The third-order valence-corrected chi connectivity index (χ3v) is 12.3. The van der Waals surface area contributed by atoms with Crippen LogP contribution in [-0.4, -0.2) is 39.0 Å². The number of alkyl halides is 3. The van der Waals surface area contributed by atoms with Gasteiger partial charge in [-0.1, -0.05) is 48.5 Å². The second-order valence-electron chi connectivity index (χ2n) is 16.6. The summed E-state index contributed by atoms with van der Waals surface area (Å²) >= 11 is 0. The highest BCUT2D eigenvalue weighted by atomic mass is 19.4. The Balaban J connectivity index is 1.18. The molecule has 0 amide bonds. The van der Waals surface area contributed by atoms with Crippen molar-refractivity contribution >= 4 is 43.6 Å². The molecule has 0 unspecified atom stereocenters. The number of rotatable bonds is 6. The number of hydrogen-bond acceptors (Lipinski definition) is 8. The minimum atomic E-state index is -4.77. The van der Waals surface area contributed by atoms with Crippen molar-refractivity contribution in [2.75, 3.05) is 0 Å². The van der Waals surface area contributed by atoms with E-state index in [2.05, 4.69) is 57.2 Å². The monoisotopic (exact) mass is 892 g/mol. The molecule has 0 radical (unpaired) electrons. The van der Waals surface area contributed by atoms with Crippen molar-refractivity contribution in [3.63, 3.8) is 0 Å². The third-order valence-electron chi connectivity index (χ3n) is 12.3. The van der Waals surface area contributed by atoms with Gasteiger partial charge >= 0.3 is 6.18 Å². The van der Waals surface area contributed by atoms with Gasteiger partial charge in [-0.2, -0.15) is 23.7 Å². The molecule has 0 spiro atoms. The fourth-order valence-corrected chi connectivity index (χ4v) is 9.46. The molecule has 0 N–H and O–H groups in total. The Hall–Kier alpha value is -9.07. The number of para-hydroxylation sites is 2. The van der Waals surface area contributed by atoms with Crippen LogP contribution in [0.5, 0.6) is 0 Å². The Bertz CT molecular complexity index is 3960. The van der Waals surface area contributed by atoms with Crippen LogP contribution in [-0.2, 0) is 6.18 Å². The summed E-state index contributed by atoms with van der Waals surface area (Å²) in [4.78, 5) is 27.2. The Labute approximate surface area is 386 Å².